The van der Waals surface area contributed by atoms with Crippen LogP contribution in [0.15, 0.2) is 64.9 Å². The van der Waals surface area contributed by atoms with Gasteiger partial charge in [0.15, 0.2) is 0 Å². The van der Waals surface area contributed by atoms with Gasteiger partial charge in [0, 0.05) is 28.0 Å². The van der Waals surface area contributed by atoms with Gasteiger partial charge in [0.1, 0.15) is 6.04 Å². The Bertz CT molecular complexity index is 972. The van der Waals surface area contributed by atoms with Gasteiger partial charge in [-0.3, -0.25) is 4.79 Å². The maximum atomic E-state index is 12.7. The number of thiazole rings is 1. The number of nitrogens with one attached hydrogen (secondary N) is 1. The van der Waals surface area contributed by atoms with E-state index in [-0.39, 0.29) is 12.5 Å². The van der Waals surface area contributed by atoms with Crippen LogP contribution >= 0.6 is 23.1 Å². The second-order valence-electron chi connectivity index (χ2n) is 6.64. The van der Waals surface area contributed by atoms with Crippen molar-refractivity contribution in [2.45, 2.75) is 37.0 Å². The first-order chi connectivity index (χ1) is 14.5. The van der Waals surface area contributed by atoms with Gasteiger partial charge in [-0.1, -0.05) is 30.3 Å². The first kappa shape index (κ1) is 22.1. The molecule has 1 amide bonds. The summed E-state index contributed by atoms with van der Waals surface area (Å²) in [5.41, 5.74) is 2.52. The van der Waals surface area contributed by atoms with Crippen LogP contribution in [0.3, 0.4) is 0 Å². The molecule has 0 radical (unpaired) electrons. The van der Waals surface area contributed by atoms with Gasteiger partial charge in [-0.15, -0.1) is 23.1 Å². The smallest absolute Gasteiger partial charge is 0.328 e. The molecular weight excluding hydrogens is 416 g/mol. The van der Waals surface area contributed by atoms with Gasteiger partial charge >= 0.3 is 5.97 Å². The van der Waals surface area contributed by atoms with Crippen LogP contribution in [0.1, 0.15) is 33.5 Å². The van der Waals surface area contributed by atoms with Crippen molar-refractivity contribution in [2.24, 2.45) is 0 Å². The van der Waals surface area contributed by atoms with E-state index in [4.69, 9.17) is 4.74 Å². The number of esters is 1. The molecule has 3 aromatic rings. The number of carbonyl (C=O) groups is 2. The monoisotopic (exact) mass is 440 g/mol. The van der Waals surface area contributed by atoms with Crippen LogP contribution < -0.4 is 5.32 Å². The molecule has 0 fully saturated rings. The summed E-state index contributed by atoms with van der Waals surface area (Å²) in [5, 5.41) is 5.94. The molecule has 0 aliphatic heterocycles. The van der Waals surface area contributed by atoms with E-state index < -0.39 is 12.0 Å². The summed E-state index contributed by atoms with van der Waals surface area (Å²) in [6, 6.07) is 16.2. The number of aromatic nitrogens is 1. The lowest BCUT2D eigenvalue weighted by Crippen LogP contribution is -2.43. The highest BCUT2D eigenvalue weighted by atomic mass is 32.2. The van der Waals surface area contributed by atoms with Crippen molar-refractivity contribution in [3.8, 4) is 0 Å². The summed E-state index contributed by atoms with van der Waals surface area (Å²) >= 11 is 3.32. The van der Waals surface area contributed by atoms with Crippen molar-refractivity contribution in [1.82, 2.24) is 10.3 Å². The number of thioether (sulfide) groups is 1. The Morgan fingerprint density at radius 2 is 1.87 bits per heavy atom. The highest BCUT2D eigenvalue weighted by Crippen LogP contribution is 2.24. The molecule has 0 bridgehead atoms. The van der Waals surface area contributed by atoms with Crippen LogP contribution in [-0.2, 0) is 21.7 Å². The molecule has 1 unspecified atom stereocenters. The predicted octanol–water partition coefficient (Wildman–Crippen LogP) is 4.65. The molecule has 1 aromatic heterocycles. The molecule has 1 heterocycles. The summed E-state index contributed by atoms with van der Waals surface area (Å²) in [7, 11) is 0. The SMILES string of the molecule is CCOC(=O)C(Cc1ccccc1)NC(=O)c1ccc(SCc2csc(C)n2)cc1. The van der Waals surface area contributed by atoms with Crippen molar-refractivity contribution in [2.75, 3.05) is 6.61 Å². The van der Waals surface area contributed by atoms with Gasteiger partial charge in [-0.25, -0.2) is 9.78 Å². The first-order valence-corrected chi connectivity index (χ1v) is 11.6. The Labute approximate surface area is 184 Å². The second kappa shape index (κ2) is 10.9. The number of hydrogen-bond acceptors (Lipinski definition) is 6. The minimum atomic E-state index is -0.734. The van der Waals surface area contributed by atoms with Crippen molar-refractivity contribution >= 4 is 35.0 Å². The fraction of sp³-hybridized carbons (Fsp3) is 0.261. The van der Waals surface area contributed by atoms with E-state index in [1.54, 1.807) is 42.2 Å². The first-order valence-electron chi connectivity index (χ1n) is 9.70. The molecule has 1 N–H and O–H groups in total. The normalized spacial score (nSPS) is 11.7. The molecule has 7 heteroatoms. The zero-order valence-electron chi connectivity index (χ0n) is 17.0. The minimum absolute atomic E-state index is 0.268. The van der Waals surface area contributed by atoms with Gasteiger partial charge in [0.2, 0.25) is 0 Å². The van der Waals surface area contributed by atoms with Gasteiger partial charge in [-0.2, -0.15) is 0 Å². The third kappa shape index (κ3) is 6.43. The summed E-state index contributed by atoms with van der Waals surface area (Å²) in [5.74, 6) is 0.0637. The number of carbonyl (C=O) groups excluding carboxylic acids is 2. The van der Waals surface area contributed by atoms with Crippen molar-refractivity contribution in [1.29, 1.82) is 0 Å². The van der Waals surface area contributed by atoms with Gasteiger partial charge in [0.25, 0.3) is 5.91 Å². The van der Waals surface area contributed by atoms with Gasteiger partial charge < -0.3 is 10.1 Å². The Morgan fingerprint density at radius 1 is 1.13 bits per heavy atom. The third-order valence-electron chi connectivity index (χ3n) is 4.33. The van der Waals surface area contributed by atoms with Crippen LogP contribution in [0.25, 0.3) is 0 Å². The van der Waals surface area contributed by atoms with Gasteiger partial charge in [-0.05, 0) is 43.7 Å². The van der Waals surface area contributed by atoms with E-state index >= 15 is 0 Å². The number of benzene rings is 2. The lowest BCUT2D eigenvalue weighted by molar-refractivity contribution is -0.145. The number of amides is 1. The molecule has 0 spiro atoms. The van der Waals surface area contributed by atoms with Crippen molar-refractivity contribution in [3.63, 3.8) is 0 Å². The highest BCUT2D eigenvalue weighted by Gasteiger charge is 2.23. The molecule has 0 aliphatic carbocycles. The van der Waals surface area contributed by atoms with E-state index in [2.05, 4.69) is 15.7 Å². The maximum absolute atomic E-state index is 12.7. The van der Waals surface area contributed by atoms with Gasteiger partial charge in [0.05, 0.1) is 17.3 Å². The summed E-state index contributed by atoms with van der Waals surface area (Å²) in [6.07, 6.45) is 0.381. The average molecular weight is 441 g/mol. The number of nitrogens with zero attached hydrogens (tertiary/aromatic N) is 1. The number of aryl methyl sites for hydroxylation is 1. The number of hydrogen-bond donors (Lipinski definition) is 1. The summed E-state index contributed by atoms with van der Waals surface area (Å²) in [4.78, 5) is 30.6. The van der Waals surface area contributed by atoms with Crippen LogP contribution in [0.4, 0.5) is 0 Å². The Kier molecular flexibility index (Phi) is 8.04. The molecule has 3 rings (SSSR count). The Hall–Kier alpha value is -2.64. The van der Waals surface area contributed by atoms with Crippen LogP contribution in [0, 0.1) is 6.92 Å². The largest absolute Gasteiger partial charge is 0.464 e. The summed E-state index contributed by atoms with van der Waals surface area (Å²) < 4.78 is 5.15. The number of rotatable bonds is 9. The molecule has 1 atom stereocenters. The van der Waals surface area contributed by atoms with E-state index in [0.717, 1.165) is 26.9 Å². The molecule has 0 saturated heterocycles. The Morgan fingerprint density at radius 3 is 2.50 bits per heavy atom. The molecule has 156 valence electrons. The van der Waals surface area contributed by atoms with E-state index in [9.17, 15) is 9.59 Å². The molecule has 0 aliphatic rings. The lowest BCUT2D eigenvalue weighted by Gasteiger charge is -2.17. The van der Waals surface area contributed by atoms with Crippen LogP contribution in [-0.4, -0.2) is 29.5 Å². The fourth-order valence-electron chi connectivity index (χ4n) is 2.86. The van der Waals surface area contributed by atoms with E-state index in [1.165, 1.54) is 0 Å². The minimum Gasteiger partial charge on any atom is -0.464 e. The molecule has 2 aromatic carbocycles. The molecule has 30 heavy (non-hydrogen) atoms. The van der Waals surface area contributed by atoms with E-state index in [1.807, 2.05) is 49.4 Å². The average Bonchev–Trinajstić information content (AvgIpc) is 3.18. The molecular formula is C23H24N2O3S2. The van der Waals surface area contributed by atoms with Crippen LogP contribution in [0.5, 0.6) is 0 Å². The topological polar surface area (TPSA) is 68.3 Å². The predicted molar refractivity (Wildman–Crippen MR) is 121 cm³/mol. The van der Waals surface area contributed by atoms with Crippen LogP contribution in [0.2, 0.25) is 0 Å². The lowest BCUT2D eigenvalue weighted by atomic mass is 10.1. The quantitative estimate of drug-likeness (QED) is 0.388. The Balaban J connectivity index is 1.62. The fourth-order valence-corrected chi connectivity index (χ4v) is 4.37. The van der Waals surface area contributed by atoms with E-state index in [0.29, 0.717) is 12.0 Å². The highest BCUT2D eigenvalue weighted by molar-refractivity contribution is 7.98. The second-order valence-corrected chi connectivity index (χ2v) is 8.75. The third-order valence-corrected chi connectivity index (χ3v) is 6.20. The summed E-state index contributed by atoms with van der Waals surface area (Å²) in [6.45, 7) is 4.01. The standard InChI is InChI=1S/C23H24N2O3S2/c1-3-28-23(27)21(13-17-7-5-4-6-8-17)25-22(26)18-9-11-20(12-10-18)30-15-19-14-29-16(2)24-19/h4-12,14,21H,3,13,15H2,1-2H3,(H,25,26). The maximum Gasteiger partial charge on any atom is 0.328 e. The zero-order valence-corrected chi connectivity index (χ0v) is 18.6. The zero-order chi connectivity index (χ0) is 21.3. The van der Waals surface area contributed by atoms with Crippen molar-refractivity contribution < 1.29 is 14.3 Å². The van der Waals surface area contributed by atoms with Crippen molar-refractivity contribution in [3.05, 3.63) is 81.8 Å². The number of ether oxygens (including phenoxy) is 1. The molecule has 0 saturated carbocycles. The molecule has 5 nitrogen and oxygen atoms in total.